The quantitative estimate of drug-likeness (QED) is 0.120. The predicted octanol–water partition coefficient (Wildman–Crippen LogP) is -1.15. The summed E-state index contributed by atoms with van der Waals surface area (Å²) in [6.07, 6.45) is 1.92. The number of amides is 2. The number of nitrogen functional groups attached to an aromatic ring is 1. The van der Waals surface area contributed by atoms with E-state index < -0.39 is 34.9 Å². The van der Waals surface area contributed by atoms with Gasteiger partial charge in [0, 0.05) is 16.7 Å². The molecule has 12 nitrogen and oxygen atoms in total. The first-order valence-electron chi connectivity index (χ1n) is 9.85. The van der Waals surface area contributed by atoms with Crippen molar-refractivity contribution in [3.05, 3.63) is 40.0 Å². The Morgan fingerprint density at radius 2 is 2.24 bits per heavy atom. The number of thiophene rings is 1. The molecule has 4 N–H and O–H groups in total. The van der Waals surface area contributed by atoms with Crippen LogP contribution in [0.15, 0.2) is 39.4 Å². The maximum atomic E-state index is 12.9. The molecule has 3 aromatic heterocycles. The van der Waals surface area contributed by atoms with E-state index in [1.165, 1.54) is 17.1 Å². The Labute approximate surface area is 203 Å². The SMILES string of the molecule is Cn1c2sccc2c[n+]1CC1=C(C(=O)[O-])N2C(=O)[C@@H](NC(=O)/C(=N\O)c3csc(N)n3)[C@H]2SC1. The first-order valence-corrected chi connectivity index (χ1v) is 12.7. The molecule has 176 valence electrons. The normalized spacial score (nSPS) is 20.4. The van der Waals surface area contributed by atoms with Crippen LogP contribution in [0.4, 0.5) is 5.13 Å². The van der Waals surface area contributed by atoms with Crippen LogP contribution in [0.2, 0.25) is 0 Å². The number of anilines is 1. The third kappa shape index (κ3) is 3.52. The van der Waals surface area contributed by atoms with Gasteiger partial charge in [-0.05, 0) is 11.4 Å². The van der Waals surface area contributed by atoms with Gasteiger partial charge in [0.1, 0.15) is 17.1 Å². The number of hydrogen-bond donors (Lipinski definition) is 3. The van der Waals surface area contributed by atoms with Crippen LogP contribution in [0.25, 0.3) is 10.2 Å². The number of carboxylic acids is 1. The van der Waals surface area contributed by atoms with Crippen molar-refractivity contribution in [2.24, 2.45) is 12.2 Å². The van der Waals surface area contributed by atoms with E-state index in [1.807, 2.05) is 34.1 Å². The summed E-state index contributed by atoms with van der Waals surface area (Å²) in [5.74, 6) is -2.53. The number of carbonyl (C=O) groups excluding carboxylic acids is 3. The number of thioether (sulfide) groups is 1. The number of aromatic nitrogens is 3. The molecule has 15 heteroatoms. The Kier molecular flexibility index (Phi) is 5.53. The summed E-state index contributed by atoms with van der Waals surface area (Å²) < 4.78 is 3.81. The Morgan fingerprint density at radius 3 is 2.88 bits per heavy atom. The van der Waals surface area contributed by atoms with Crippen LogP contribution < -0.4 is 20.8 Å². The van der Waals surface area contributed by atoms with Gasteiger partial charge in [0.05, 0.1) is 24.1 Å². The number of carboxylic acid groups (broad SMARTS) is 1. The van der Waals surface area contributed by atoms with Gasteiger partial charge in [0.2, 0.25) is 6.20 Å². The zero-order valence-electron chi connectivity index (χ0n) is 17.5. The Hall–Kier alpha value is -3.43. The Morgan fingerprint density at radius 1 is 1.44 bits per heavy atom. The van der Waals surface area contributed by atoms with Crippen LogP contribution in [-0.4, -0.2) is 60.4 Å². The summed E-state index contributed by atoms with van der Waals surface area (Å²) in [4.78, 5) is 43.6. The maximum Gasteiger partial charge on any atom is 0.276 e. The molecule has 3 aromatic rings. The highest BCUT2D eigenvalue weighted by molar-refractivity contribution is 8.00. The fraction of sp³-hybridized carbons (Fsp3) is 0.263. The maximum absolute atomic E-state index is 12.9. The average molecular weight is 520 g/mol. The molecule has 0 unspecified atom stereocenters. The van der Waals surface area contributed by atoms with Crippen LogP contribution in [0.5, 0.6) is 0 Å². The number of hydrogen-bond acceptors (Lipinski definition) is 11. The summed E-state index contributed by atoms with van der Waals surface area (Å²) in [7, 11) is 1.88. The number of aliphatic carboxylic acids is 1. The molecule has 2 atom stereocenters. The number of aryl methyl sites for hydroxylation is 1. The van der Waals surface area contributed by atoms with Gasteiger partial charge in [-0.25, -0.2) is 4.98 Å². The molecule has 0 radical (unpaired) electrons. The van der Waals surface area contributed by atoms with E-state index in [0.717, 1.165) is 26.5 Å². The third-order valence-corrected chi connectivity index (χ3v) is 8.61. The monoisotopic (exact) mass is 519 g/mol. The number of carbonyl (C=O) groups is 3. The molecule has 0 aromatic carbocycles. The predicted molar refractivity (Wildman–Crippen MR) is 123 cm³/mol. The molecule has 34 heavy (non-hydrogen) atoms. The molecular weight excluding hydrogens is 502 g/mol. The molecule has 0 saturated carbocycles. The summed E-state index contributed by atoms with van der Waals surface area (Å²) >= 11 is 3.97. The molecule has 0 aliphatic carbocycles. The van der Waals surface area contributed by atoms with Crippen molar-refractivity contribution in [3.8, 4) is 0 Å². The van der Waals surface area contributed by atoms with Gasteiger partial charge in [-0.3, -0.25) is 14.5 Å². The van der Waals surface area contributed by atoms with Crippen molar-refractivity contribution in [1.82, 2.24) is 19.9 Å². The van der Waals surface area contributed by atoms with Crippen molar-refractivity contribution >= 4 is 73.3 Å². The molecule has 2 amide bonds. The Bertz CT molecular complexity index is 1400. The highest BCUT2D eigenvalue weighted by atomic mass is 32.2. The van der Waals surface area contributed by atoms with Crippen molar-refractivity contribution in [3.63, 3.8) is 0 Å². The minimum Gasteiger partial charge on any atom is -0.543 e. The summed E-state index contributed by atoms with van der Waals surface area (Å²) in [5, 5.41) is 30.8. The zero-order valence-corrected chi connectivity index (χ0v) is 19.9. The summed E-state index contributed by atoms with van der Waals surface area (Å²) in [6, 6.07) is 0.987. The lowest BCUT2D eigenvalue weighted by Gasteiger charge is -2.50. The lowest BCUT2D eigenvalue weighted by molar-refractivity contribution is -0.764. The van der Waals surface area contributed by atoms with E-state index in [1.54, 1.807) is 11.3 Å². The molecule has 1 saturated heterocycles. The number of thiazole rings is 1. The number of β-lactam (4-membered cyclic amide) rings is 1. The van der Waals surface area contributed by atoms with E-state index in [0.29, 0.717) is 11.3 Å². The van der Waals surface area contributed by atoms with E-state index in [4.69, 9.17) is 5.73 Å². The van der Waals surface area contributed by atoms with E-state index in [9.17, 15) is 24.7 Å². The van der Waals surface area contributed by atoms with Crippen LogP contribution in [0, 0.1) is 0 Å². The van der Waals surface area contributed by atoms with Crippen LogP contribution in [0.1, 0.15) is 5.69 Å². The van der Waals surface area contributed by atoms with Crippen molar-refractivity contribution < 1.29 is 29.4 Å². The number of nitrogens with one attached hydrogen (secondary N) is 1. The second-order valence-corrected chi connectivity index (χ2v) is 10.4. The van der Waals surface area contributed by atoms with E-state index in [2.05, 4.69) is 15.5 Å². The van der Waals surface area contributed by atoms with Gasteiger partial charge < -0.3 is 26.2 Å². The molecule has 2 aliphatic heterocycles. The smallest absolute Gasteiger partial charge is 0.276 e. The summed E-state index contributed by atoms with van der Waals surface area (Å²) in [5.41, 5.74) is 5.59. The van der Waals surface area contributed by atoms with Crippen molar-refractivity contribution in [2.75, 3.05) is 11.5 Å². The second kappa shape index (κ2) is 8.41. The van der Waals surface area contributed by atoms with Gasteiger partial charge in [0.25, 0.3) is 11.8 Å². The number of oxime groups is 1. The molecule has 1 fully saturated rings. The average Bonchev–Trinajstić information content (AvgIpc) is 3.51. The lowest BCUT2D eigenvalue weighted by Crippen LogP contribution is -2.71. The van der Waals surface area contributed by atoms with Crippen molar-refractivity contribution in [1.29, 1.82) is 0 Å². The van der Waals surface area contributed by atoms with E-state index in [-0.39, 0.29) is 23.1 Å². The van der Waals surface area contributed by atoms with Gasteiger partial charge in [-0.15, -0.1) is 43.8 Å². The largest absolute Gasteiger partial charge is 0.543 e. The first-order chi connectivity index (χ1) is 16.3. The topological polar surface area (TPSA) is 170 Å². The molecule has 5 heterocycles. The minimum absolute atomic E-state index is 0.0690. The highest BCUT2D eigenvalue weighted by Crippen LogP contribution is 2.40. The lowest BCUT2D eigenvalue weighted by atomic mass is 10.0. The highest BCUT2D eigenvalue weighted by Gasteiger charge is 2.53. The molecule has 2 aliphatic rings. The number of nitrogens with zero attached hydrogens (tertiary/aromatic N) is 5. The van der Waals surface area contributed by atoms with Crippen LogP contribution in [-0.2, 0) is 28.0 Å². The summed E-state index contributed by atoms with van der Waals surface area (Å²) in [6.45, 7) is 0.272. The first kappa shape index (κ1) is 22.4. The van der Waals surface area contributed by atoms with E-state index >= 15 is 0 Å². The standard InChI is InChI=1S/C19H17N7O5S3/c1-24-16-8(2-3-32-16)4-25(24)5-9-6-33-17-12(15(28)26(17)13(9)18(29)30)22-14(27)11(23-31)10-7-34-19(20)21-10/h2-4,7,12,17H,5-6H2,1H3,(H4-,20,21,22,27,29,30,31)/t12-,17-/m1/s1. The van der Waals surface area contributed by atoms with Gasteiger partial charge in [0.15, 0.2) is 22.2 Å². The second-order valence-electron chi connectivity index (χ2n) is 7.55. The number of fused-ring (bicyclic) bond motifs is 2. The zero-order chi connectivity index (χ0) is 24.1. The third-order valence-electron chi connectivity index (χ3n) is 5.60. The number of rotatable bonds is 6. The van der Waals surface area contributed by atoms with Gasteiger partial charge in [-0.1, -0.05) is 5.16 Å². The molecule has 5 rings (SSSR count). The van der Waals surface area contributed by atoms with Gasteiger partial charge in [-0.2, -0.15) is 0 Å². The fourth-order valence-electron chi connectivity index (χ4n) is 4.00. The molecular formula is C19H17N7O5S3. The van der Waals surface area contributed by atoms with Crippen molar-refractivity contribution in [2.45, 2.75) is 18.0 Å². The minimum atomic E-state index is -1.45. The fourth-order valence-corrected chi connectivity index (χ4v) is 6.74. The van der Waals surface area contributed by atoms with Gasteiger partial charge >= 0.3 is 0 Å². The number of nitrogens with two attached hydrogens (primary N) is 1. The molecule has 0 spiro atoms. The Balaban J connectivity index is 1.37. The van der Waals surface area contributed by atoms with Crippen LogP contribution >= 0.6 is 34.4 Å². The van der Waals surface area contributed by atoms with Crippen LogP contribution in [0.3, 0.4) is 0 Å². The molecule has 0 bridgehead atoms.